The maximum absolute atomic E-state index is 9.41. The molecule has 0 aromatic carbocycles. The van der Waals surface area contributed by atoms with Crippen LogP contribution in [0.4, 0.5) is 0 Å². The SMILES string of the molecule is CCC(O)CNCC1(C)CCCCC1. The minimum absolute atomic E-state index is 0.165. The number of hydrogen-bond donors (Lipinski definition) is 2. The van der Waals surface area contributed by atoms with Gasteiger partial charge in [0.2, 0.25) is 0 Å². The molecule has 1 saturated carbocycles. The summed E-state index contributed by atoms with van der Waals surface area (Å²) in [4.78, 5) is 0. The molecule has 0 spiro atoms. The Balaban J connectivity index is 2.15. The van der Waals surface area contributed by atoms with Crippen LogP contribution in [0.15, 0.2) is 0 Å². The van der Waals surface area contributed by atoms with E-state index in [2.05, 4.69) is 12.2 Å². The first-order valence-electron chi connectivity index (χ1n) is 6.05. The summed E-state index contributed by atoms with van der Waals surface area (Å²) < 4.78 is 0. The smallest absolute Gasteiger partial charge is 0.0662 e. The summed E-state index contributed by atoms with van der Waals surface area (Å²) in [6.07, 6.45) is 7.56. The van der Waals surface area contributed by atoms with Crippen molar-refractivity contribution < 1.29 is 5.11 Å². The predicted molar refractivity (Wildman–Crippen MR) is 60.4 cm³/mol. The van der Waals surface area contributed by atoms with E-state index in [1.807, 2.05) is 6.92 Å². The molecule has 0 heterocycles. The molecule has 2 N–H and O–H groups in total. The van der Waals surface area contributed by atoms with Crippen molar-refractivity contribution >= 4 is 0 Å². The van der Waals surface area contributed by atoms with Gasteiger partial charge in [-0.05, 0) is 24.7 Å². The standard InChI is InChI=1S/C12H25NO/c1-3-11(14)9-13-10-12(2)7-5-4-6-8-12/h11,13-14H,3-10H2,1-2H3. The maximum Gasteiger partial charge on any atom is 0.0662 e. The molecular formula is C12H25NO. The third kappa shape index (κ3) is 3.97. The van der Waals surface area contributed by atoms with E-state index in [-0.39, 0.29) is 6.10 Å². The van der Waals surface area contributed by atoms with Crippen LogP contribution in [-0.4, -0.2) is 24.3 Å². The lowest BCUT2D eigenvalue weighted by Gasteiger charge is -2.34. The second kappa shape index (κ2) is 5.72. The summed E-state index contributed by atoms with van der Waals surface area (Å²) in [6.45, 7) is 6.22. The van der Waals surface area contributed by atoms with Crippen molar-refractivity contribution in [3.8, 4) is 0 Å². The first-order chi connectivity index (χ1) is 6.66. The van der Waals surface area contributed by atoms with Crippen LogP contribution in [0.2, 0.25) is 0 Å². The Kier molecular flexibility index (Phi) is 4.90. The summed E-state index contributed by atoms with van der Waals surface area (Å²) in [5.74, 6) is 0. The van der Waals surface area contributed by atoms with Crippen LogP contribution in [0.1, 0.15) is 52.4 Å². The fourth-order valence-electron chi connectivity index (χ4n) is 2.27. The van der Waals surface area contributed by atoms with Crippen LogP contribution in [0.3, 0.4) is 0 Å². The van der Waals surface area contributed by atoms with Crippen LogP contribution in [0.5, 0.6) is 0 Å². The minimum atomic E-state index is -0.165. The Labute approximate surface area is 88.1 Å². The average molecular weight is 199 g/mol. The minimum Gasteiger partial charge on any atom is -0.392 e. The molecule has 0 amide bonds. The highest BCUT2D eigenvalue weighted by atomic mass is 16.3. The Hall–Kier alpha value is -0.0800. The molecule has 1 aliphatic rings. The van der Waals surface area contributed by atoms with Gasteiger partial charge in [-0.15, -0.1) is 0 Å². The number of aliphatic hydroxyl groups excluding tert-OH is 1. The highest BCUT2D eigenvalue weighted by Crippen LogP contribution is 2.34. The lowest BCUT2D eigenvalue weighted by molar-refractivity contribution is 0.150. The molecule has 0 aromatic rings. The van der Waals surface area contributed by atoms with Crippen molar-refractivity contribution in [2.24, 2.45) is 5.41 Å². The van der Waals surface area contributed by atoms with E-state index in [1.165, 1.54) is 32.1 Å². The van der Waals surface area contributed by atoms with Gasteiger partial charge in [0.1, 0.15) is 0 Å². The zero-order valence-electron chi connectivity index (χ0n) is 9.68. The molecule has 1 rings (SSSR count). The molecule has 1 atom stereocenters. The summed E-state index contributed by atoms with van der Waals surface area (Å²) in [5.41, 5.74) is 0.492. The van der Waals surface area contributed by atoms with E-state index in [4.69, 9.17) is 0 Å². The van der Waals surface area contributed by atoms with Gasteiger partial charge in [-0.2, -0.15) is 0 Å². The van der Waals surface area contributed by atoms with E-state index in [9.17, 15) is 5.11 Å². The van der Waals surface area contributed by atoms with Crippen molar-refractivity contribution in [3.63, 3.8) is 0 Å². The van der Waals surface area contributed by atoms with Gasteiger partial charge in [-0.3, -0.25) is 0 Å². The summed E-state index contributed by atoms with van der Waals surface area (Å²) >= 11 is 0. The van der Waals surface area contributed by atoms with Gasteiger partial charge in [0.25, 0.3) is 0 Å². The lowest BCUT2D eigenvalue weighted by atomic mass is 9.76. The molecule has 1 fully saturated rings. The molecule has 0 aliphatic heterocycles. The Morgan fingerprint density at radius 1 is 1.29 bits per heavy atom. The van der Waals surface area contributed by atoms with Crippen molar-refractivity contribution in [1.82, 2.24) is 5.32 Å². The van der Waals surface area contributed by atoms with Gasteiger partial charge in [0, 0.05) is 13.1 Å². The van der Waals surface area contributed by atoms with Crippen LogP contribution < -0.4 is 5.32 Å². The number of hydrogen-bond acceptors (Lipinski definition) is 2. The molecule has 14 heavy (non-hydrogen) atoms. The summed E-state index contributed by atoms with van der Waals surface area (Å²) in [6, 6.07) is 0. The molecule has 1 aliphatic carbocycles. The van der Waals surface area contributed by atoms with E-state index in [0.717, 1.165) is 19.5 Å². The molecule has 0 radical (unpaired) electrons. The molecule has 2 nitrogen and oxygen atoms in total. The lowest BCUT2D eigenvalue weighted by Crippen LogP contribution is -2.37. The molecule has 84 valence electrons. The van der Waals surface area contributed by atoms with Gasteiger partial charge in [-0.1, -0.05) is 33.1 Å². The number of aliphatic hydroxyl groups is 1. The third-order valence-corrected chi connectivity index (χ3v) is 3.46. The van der Waals surface area contributed by atoms with E-state index in [0.29, 0.717) is 5.41 Å². The average Bonchev–Trinajstić information content (AvgIpc) is 2.18. The summed E-state index contributed by atoms with van der Waals surface area (Å²) in [5, 5.41) is 12.8. The zero-order valence-corrected chi connectivity index (χ0v) is 9.68. The molecule has 2 heteroatoms. The topological polar surface area (TPSA) is 32.3 Å². The molecule has 0 bridgehead atoms. The van der Waals surface area contributed by atoms with Gasteiger partial charge >= 0.3 is 0 Å². The Bertz CT molecular complexity index is 152. The van der Waals surface area contributed by atoms with Crippen molar-refractivity contribution in [1.29, 1.82) is 0 Å². The third-order valence-electron chi connectivity index (χ3n) is 3.46. The van der Waals surface area contributed by atoms with Crippen LogP contribution >= 0.6 is 0 Å². The highest BCUT2D eigenvalue weighted by Gasteiger charge is 2.26. The van der Waals surface area contributed by atoms with Gasteiger partial charge in [-0.25, -0.2) is 0 Å². The van der Waals surface area contributed by atoms with E-state index in [1.54, 1.807) is 0 Å². The molecular weight excluding hydrogens is 174 g/mol. The fraction of sp³-hybridized carbons (Fsp3) is 1.00. The van der Waals surface area contributed by atoms with Gasteiger partial charge in [0.05, 0.1) is 6.10 Å². The zero-order chi connectivity index (χ0) is 10.4. The van der Waals surface area contributed by atoms with Gasteiger partial charge in [0.15, 0.2) is 0 Å². The quantitative estimate of drug-likeness (QED) is 0.712. The van der Waals surface area contributed by atoms with Crippen molar-refractivity contribution in [2.75, 3.05) is 13.1 Å². The van der Waals surface area contributed by atoms with Crippen molar-refractivity contribution in [2.45, 2.75) is 58.5 Å². The normalized spacial score (nSPS) is 23.4. The Morgan fingerprint density at radius 3 is 2.50 bits per heavy atom. The summed E-state index contributed by atoms with van der Waals surface area (Å²) in [7, 11) is 0. The van der Waals surface area contributed by atoms with Crippen LogP contribution in [0.25, 0.3) is 0 Å². The van der Waals surface area contributed by atoms with Crippen LogP contribution in [-0.2, 0) is 0 Å². The van der Waals surface area contributed by atoms with Crippen LogP contribution in [0, 0.1) is 5.41 Å². The first-order valence-corrected chi connectivity index (χ1v) is 6.05. The molecule has 0 saturated heterocycles. The maximum atomic E-state index is 9.41. The van der Waals surface area contributed by atoms with Crippen molar-refractivity contribution in [3.05, 3.63) is 0 Å². The molecule has 1 unspecified atom stereocenters. The van der Waals surface area contributed by atoms with E-state index < -0.39 is 0 Å². The number of rotatable bonds is 5. The second-order valence-corrected chi connectivity index (χ2v) is 5.06. The van der Waals surface area contributed by atoms with E-state index >= 15 is 0 Å². The predicted octanol–water partition coefficient (Wildman–Crippen LogP) is 2.32. The number of nitrogens with one attached hydrogen (secondary N) is 1. The Morgan fingerprint density at radius 2 is 1.93 bits per heavy atom. The van der Waals surface area contributed by atoms with Gasteiger partial charge < -0.3 is 10.4 Å². The largest absolute Gasteiger partial charge is 0.392 e. The monoisotopic (exact) mass is 199 g/mol. The highest BCUT2D eigenvalue weighted by molar-refractivity contribution is 4.80. The molecule has 0 aromatic heterocycles. The second-order valence-electron chi connectivity index (χ2n) is 5.06. The first kappa shape index (κ1) is 12.0. The fourth-order valence-corrected chi connectivity index (χ4v) is 2.27.